The standard InChI is InChI=1S/C8H11F2N3O2/c1-3-13(2)8-11-6(15-12-8)4-5(14)7(9)10/h7H,3-4H2,1-2H3. The smallest absolute Gasteiger partial charge is 0.296 e. The molecular weight excluding hydrogens is 208 g/mol. The van der Waals surface area contributed by atoms with Crippen molar-refractivity contribution in [1.82, 2.24) is 10.1 Å². The average Bonchev–Trinajstić information content (AvgIpc) is 2.65. The lowest BCUT2D eigenvalue weighted by Crippen LogP contribution is -2.17. The maximum absolute atomic E-state index is 11.9. The van der Waals surface area contributed by atoms with E-state index in [1.807, 2.05) is 6.92 Å². The maximum atomic E-state index is 11.9. The number of hydrogen-bond donors (Lipinski definition) is 0. The summed E-state index contributed by atoms with van der Waals surface area (Å²) in [5, 5.41) is 3.54. The predicted octanol–water partition coefficient (Wildman–Crippen LogP) is 0.902. The monoisotopic (exact) mass is 219 g/mol. The first-order valence-electron chi connectivity index (χ1n) is 4.39. The highest BCUT2D eigenvalue weighted by Crippen LogP contribution is 2.09. The van der Waals surface area contributed by atoms with E-state index < -0.39 is 18.6 Å². The van der Waals surface area contributed by atoms with Gasteiger partial charge in [-0.15, -0.1) is 0 Å². The first kappa shape index (κ1) is 11.5. The second-order valence-electron chi connectivity index (χ2n) is 2.95. The molecule has 1 heterocycles. The van der Waals surface area contributed by atoms with Crippen molar-refractivity contribution in [3.63, 3.8) is 0 Å². The van der Waals surface area contributed by atoms with Crippen molar-refractivity contribution < 1.29 is 18.1 Å². The van der Waals surface area contributed by atoms with Gasteiger partial charge >= 0.3 is 0 Å². The Balaban J connectivity index is 2.64. The number of nitrogens with zero attached hydrogens (tertiary/aromatic N) is 3. The molecule has 0 bridgehead atoms. The largest absolute Gasteiger partial charge is 0.342 e. The minimum Gasteiger partial charge on any atom is -0.342 e. The summed E-state index contributed by atoms with van der Waals surface area (Å²) in [6.45, 7) is 2.53. The Morgan fingerprint density at radius 3 is 2.80 bits per heavy atom. The van der Waals surface area contributed by atoms with Gasteiger partial charge in [-0.1, -0.05) is 0 Å². The summed E-state index contributed by atoms with van der Waals surface area (Å²) in [6.07, 6.45) is -3.52. The van der Waals surface area contributed by atoms with Crippen molar-refractivity contribution in [3.8, 4) is 0 Å². The lowest BCUT2D eigenvalue weighted by Gasteiger charge is -2.08. The first-order chi connectivity index (χ1) is 7.04. The normalized spacial score (nSPS) is 10.7. The molecule has 0 radical (unpaired) electrons. The van der Waals surface area contributed by atoms with Gasteiger partial charge in [-0.2, -0.15) is 4.98 Å². The van der Waals surface area contributed by atoms with Crippen molar-refractivity contribution in [2.24, 2.45) is 0 Å². The fraction of sp³-hybridized carbons (Fsp3) is 0.625. The molecule has 0 amide bonds. The molecule has 15 heavy (non-hydrogen) atoms. The molecule has 1 rings (SSSR count). The average molecular weight is 219 g/mol. The van der Waals surface area contributed by atoms with Crippen LogP contribution in [0.3, 0.4) is 0 Å². The van der Waals surface area contributed by atoms with E-state index in [0.29, 0.717) is 6.54 Å². The maximum Gasteiger partial charge on any atom is 0.296 e. The van der Waals surface area contributed by atoms with Gasteiger partial charge in [0.05, 0.1) is 6.42 Å². The molecule has 0 fully saturated rings. The Hall–Kier alpha value is -1.53. The first-order valence-corrected chi connectivity index (χ1v) is 4.39. The Bertz CT molecular complexity index is 340. The number of hydrogen-bond acceptors (Lipinski definition) is 5. The lowest BCUT2D eigenvalue weighted by atomic mass is 10.3. The molecule has 0 spiro atoms. The third-order valence-corrected chi connectivity index (χ3v) is 1.84. The topological polar surface area (TPSA) is 59.2 Å². The minimum absolute atomic E-state index is 0.0874. The van der Waals surface area contributed by atoms with Crippen LogP contribution in [0.1, 0.15) is 12.8 Å². The van der Waals surface area contributed by atoms with E-state index >= 15 is 0 Å². The molecule has 1 aromatic heterocycles. The van der Waals surface area contributed by atoms with Crippen LogP contribution in [0.25, 0.3) is 0 Å². The number of aromatic nitrogens is 2. The summed E-state index contributed by atoms with van der Waals surface area (Å²) < 4.78 is 28.4. The number of anilines is 1. The molecule has 0 saturated carbocycles. The Labute approximate surface area is 85.1 Å². The highest BCUT2D eigenvalue weighted by atomic mass is 19.3. The minimum atomic E-state index is -3.00. The van der Waals surface area contributed by atoms with Gasteiger partial charge in [-0.05, 0) is 12.1 Å². The number of ketones is 1. The van der Waals surface area contributed by atoms with Gasteiger partial charge in [0.1, 0.15) is 0 Å². The molecule has 0 atom stereocenters. The lowest BCUT2D eigenvalue weighted by molar-refractivity contribution is -0.129. The Kier molecular flexibility index (Phi) is 3.70. The van der Waals surface area contributed by atoms with Crippen molar-refractivity contribution >= 4 is 11.7 Å². The molecular formula is C8H11F2N3O2. The van der Waals surface area contributed by atoms with Crippen LogP contribution < -0.4 is 4.90 Å². The van der Waals surface area contributed by atoms with Crippen molar-refractivity contribution in [2.45, 2.75) is 19.8 Å². The van der Waals surface area contributed by atoms with Crippen LogP contribution in [-0.4, -0.2) is 35.9 Å². The fourth-order valence-corrected chi connectivity index (χ4v) is 0.840. The quantitative estimate of drug-likeness (QED) is 0.736. The van der Waals surface area contributed by atoms with E-state index in [1.54, 1.807) is 11.9 Å². The van der Waals surface area contributed by atoms with Gasteiger partial charge in [0.2, 0.25) is 11.7 Å². The fourth-order valence-electron chi connectivity index (χ4n) is 0.840. The summed E-state index contributed by atoms with van der Waals surface area (Å²) in [7, 11) is 1.73. The number of carbonyl (C=O) groups excluding carboxylic acids is 1. The highest BCUT2D eigenvalue weighted by molar-refractivity contribution is 5.82. The van der Waals surface area contributed by atoms with Crippen LogP contribution in [0, 0.1) is 0 Å². The molecule has 0 saturated heterocycles. The summed E-state index contributed by atoms with van der Waals surface area (Å²) in [5.41, 5.74) is 0. The van der Waals surface area contributed by atoms with E-state index in [0.717, 1.165) is 0 Å². The van der Waals surface area contributed by atoms with Gasteiger partial charge < -0.3 is 9.42 Å². The van der Waals surface area contributed by atoms with E-state index in [2.05, 4.69) is 14.7 Å². The third-order valence-electron chi connectivity index (χ3n) is 1.84. The van der Waals surface area contributed by atoms with E-state index in [4.69, 9.17) is 0 Å². The van der Waals surface area contributed by atoms with Crippen LogP contribution in [0.4, 0.5) is 14.7 Å². The second kappa shape index (κ2) is 4.81. The van der Waals surface area contributed by atoms with Gasteiger partial charge in [-0.3, -0.25) is 4.79 Å². The van der Waals surface area contributed by atoms with Crippen molar-refractivity contribution in [3.05, 3.63) is 5.89 Å². The summed E-state index contributed by atoms with van der Waals surface area (Å²) in [6, 6.07) is 0. The zero-order valence-electron chi connectivity index (χ0n) is 8.41. The second-order valence-corrected chi connectivity index (χ2v) is 2.95. The van der Waals surface area contributed by atoms with Crippen LogP contribution in [0.15, 0.2) is 4.52 Å². The van der Waals surface area contributed by atoms with Crippen molar-refractivity contribution in [1.29, 1.82) is 0 Å². The molecule has 0 aromatic carbocycles. The third kappa shape index (κ3) is 2.97. The van der Waals surface area contributed by atoms with E-state index in [9.17, 15) is 13.6 Å². The van der Waals surface area contributed by atoms with Crippen LogP contribution in [0.2, 0.25) is 0 Å². The van der Waals surface area contributed by atoms with Gasteiger partial charge in [0, 0.05) is 13.6 Å². The van der Waals surface area contributed by atoms with Gasteiger partial charge in [0.15, 0.2) is 0 Å². The predicted molar refractivity (Wildman–Crippen MR) is 48.0 cm³/mol. The van der Waals surface area contributed by atoms with Crippen LogP contribution >= 0.6 is 0 Å². The number of Topliss-reactive ketones (excluding diaryl/α,β-unsaturated/α-hetero) is 1. The number of carbonyl (C=O) groups is 1. The summed E-state index contributed by atoms with van der Waals surface area (Å²) >= 11 is 0. The molecule has 5 nitrogen and oxygen atoms in total. The van der Waals surface area contributed by atoms with Gasteiger partial charge in [-0.25, -0.2) is 8.78 Å². The summed E-state index contributed by atoms with van der Waals surface area (Å²) in [4.78, 5) is 16.1. The van der Waals surface area contributed by atoms with Gasteiger partial charge in [0.25, 0.3) is 12.4 Å². The van der Waals surface area contributed by atoms with E-state index in [-0.39, 0.29) is 11.8 Å². The number of rotatable bonds is 5. The zero-order valence-corrected chi connectivity index (χ0v) is 8.41. The SMILES string of the molecule is CCN(C)c1noc(CC(=O)C(F)F)n1. The molecule has 0 aliphatic carbocycles. The molecule has 0 unspecified atom stereocenters. The Morgan fingerprint density at radius 1 is 1.60 bits per heavy atom. The molecule has 0 aliphatic rings. The zero-order chi connectivity index (χ0) is 11.4. The molecule has 0 aliphatic heterocycles. The molecule has 1 aromatic rings. The van der Waals surface area contributed by atoms with Crippen LogP contribution in [-0.2, 0) is 11.2 Å². The number of alkyl halides is 2. The molecule has 84 valence electrons. The Morgan fingerprint density at radius 2 is 2.27 bits per heavy atom. The molecule has 7 heteroatoms. The highest BCUT2D eigenvalue weighted by Gasteiger charge is 2.19. The van der Waals surface area contributed by atoms with Crippen LogP contribution in [0.5, 0.6) is 0 Å². The van der Waals surface area contributed by atoms with E-state index in [1.165, 1.54) is 0 Å². The number of halogens is 2. The van der Waals surface area contributed by atoms with Crippen molar-refractivity contribution in [2.75, 3.05) is 18.5 Å². The molecule has 0 N–H and O–H groups in total. The summed E-state index contributed by atoms with van der Waals surface area (Å²) in [5.74, 6) is -1.02.